The molecule has 0 amide bonds. The molecule has 0 spiro atoms. The average molecular weight is 534 g/mol. The third-order valence-corrected chi connectivity index (χ3v) is 5.65. The monoisotopic (exact) mass is 534 g/mol. The van der Waals surface area contributed by atoms with Crippen molar-refractivity contribution in [3.63, 3.8) is 0 Å². The average Bonchev–Trinajstić information content (AvgIpc) is 2.84. The van der Waals surface area contributed by atoms with Crippen LogP contribution in [-0.2, 0) is 19.1 Å². The van der Waals surface area contributed by atoms with E-state index in [1.807, 2.05) is 0 Å². The first-order chi connectivity index (χ1) is 17.9. The highest BCUT2D eigenvalue weighted by molar-refractivity contribution is 5.90. The van der Waals surface area contributed by atoms with Gasteiger partial charge in [0.1, 0.15) is 65.7 Å². The van der Waals surface area contributed by atoms with E-state index in [1.165, 1.54) is 12.1 Å². The molecule has 0 radical (unpaired) electrons. The molecular formula is C24H22O14. The fourth-order valence-electron chi connectivity index (χ4n) is 3.78. The Morgan fingerprint density at radius 2 is 1.66 bits per heavy atom. The molecule has 5 atom stereocenters. The summed E-state index contributed by atoms with van der Waals surface area (Å²) in [4.78, 5) is 35.1. The van der Waals surface area contributed by atoms with Crippen LogP contribution < -0.4 is 10.2 Å². The van der Waals surface area contributed by atoms with E-state index in [9.17, 15) is 45.0 Å². The van der Waals surface area contributed by atoms with Crippen LogP contribution >= 0.6 is 0 Å². The molecule has 202 valence electrons. The molecule has 3 aromatic rings. The van der Waals surface area contributed by atoms with Crippen LogP contribution in [-0.4, -0.2) is 85.0 Å². The molecule has 2 heterocycles. The predicted octanol–water partition coefficient (Wildman–Crippen LogP) is -0.219. The quantitative estimate of drug-likeness (QED) is 0.118. The van der Waals surface area contributed by atoms with Gasteiger partial charge in [-0.3, -0.25) is 14.4 Å². The largest absolute Gasteiger partial charge is 0.508 e. The third-order valence-electron chi connectivity index (χ3n) is 5.65. The van der Waals surface area contributed by atoms with E-state index in [0.717, 1.165) is 24.3 Å². The van der Waals surface area contributed by atoms with Gasteiger partial charge in [0.15, 0.2) is 16.9 Å². The number of phenols is 3. The molecule has 14 heteroatoms. The standard InChI is InChI=1S/C24H22O14/c25-10-4-15-20(13(28)6-14(36-15)9-1-2-11(26)12(27)3-9)16(5-10)37-24-23(34)22(33)21(32)17(38-24)8-35-19(31)7-18(29)30/h1-6,17,21-27,32-34H,7-8H2,(H,29,30)/t17?,21-,22+,23?,24-/m1/s1. The van der Waals surface area contributed by atoms with Crippen LogP contribution in [0.4, 0.5) is 0 Å². The molecule has 0 bridgehead atoms. The Morgan fingerprint density at radius 3 is 2.34 bits per heavy atom. The number of aliphatic carboxylic acids is 1. The van der Waals surface area contributed by atoms with E-state index >= 15 is 0 Å². The number of phenolic OH excluding ortho intramolecular Hbond substituents is 3. The molecule has 4 rings (SSSR count). The van der Waals surface area contributed by atoms with E-state index in [-0.39, 0.29) is 28.0 Å². The van der Waals surface area contributed by atoms with E-state index in [1.54, 1.807) is 0 Å². The molecule has 2 aromatic carbocycles. The lowest BCUT2D eigenvalue weighted by atomic mass is 9.99. The summed E-state index contributed by atoms with van der Waals surface area (Å²) in [5.74, 6) is -4.21. The number of esters is 1. The van der Waals surface area contributed by atoms with Gasteiger partial charge in [-0.2, -0.15) is 0 Å². The number of carbonyl (C=O) groups excluding carboxylic acids is 1. The second-order valence-electron chi connectivity index (χ2n) is 8.38. The van der Waals surface area contributed by atoms with Crippen LogP contribution in [0.3, 0.4) is 0 Å². The Balaban J connectivity index is 1.63. The maximum Gasteiger partial charge on any atom is 0.317 e. The summed E-state index contributed by atoms with van der Waals surface area (Å²) >= 11 is 0. The number of hydrogen-bond donors (Lipinski definition) is 7. The number of aliphatic hydroxyl groups is 3. The number of ether oxygens (including phenoxy) is 3. The van der Waals surface area contributed by atoms with Gasteiger partial charge in [0, 0.05) is 23.8 Å². The van der Waals surface area contributed by atoms with Gasteiger partial charge in [-0.15, -0.1) is 0 Å². The Bertz CT molecular complexity index is 1430. The van der Waals surface area contributed by atoms with Crippen molar-refractivity contribution < 1.29 is 64.0 Å². The van der Waals surface area contributed by atoms with Crippen molar-refractivity contribution in [2.45, 2.75) is 37.1 Å². The zero-order valence-corrected chi connectivity index (χ0v) is 19.3. The van der Waals surface area contributed by atoms with Crippen molar-refractivity contribution in [3.8, 4) is 34.3 Å². The highest BCUT2D eigenvalue weighted by Crippen LogP contribution is 2.35. The van der Waals surface area contributed by atoms with Crippen molar-refractivity contribution >= 4 is 22.9 Å². The predicted molar refractivity (Wildman–Crippen MR) is 123 cm³/mol. The van der Waals surface area contributed by atoms with Crippen molar-refractivity contribution in [2.75, 3.05) is 6.61 Å². The van der Waals surface area contributed by atoms with Crippen LogP contribution in [0.5, 0.6) is 23.0 Å². The fourth-order valence-corrected chi connectivity index (χ4v) is 3.78. The van der Waals surface area contributed by atoms with Crippen LogP contribution in [0.1, 0.15) is 6.42 Å². The number of carboxylic acids is 1. The minimum Gasteiger partial charge on any atom is -0.508 e. The van der Waals surface area contributed by atoms with E-state index in [2.05, 4.69) is 0 Å². The van der Waals surface area contributed by atoms with E-state index in [4.69, 9.17) is 23.7 Å². The lowest BCUT2D eigenvalue weighted by Crippen LogP contribution is -2.60. The zero-order chi connectivity index (χ0) is 27.7. The molecule has 1 aromatic heterocycles. The highest BCUT2D eigenvalue weighted by atomic mass is 16.7. The van der Waals surface area contributed by atoms with Crippen LogP contribution in [0, 0.1) is 0 Å². The Labute approximate surface area is 212 Å². The summed E-state index contributed by atoms with van der Waals surface area (Å²) in [7, 11) is 0. The first-order valence-electron chi connectivity index (χ1n) is 11.0. The Kier molecular flexibility index (Phi) is 7.41. The lowest BCUT2D eigenvalue weighted by Gasteiger charge is -2.39. The maximum absolute atomic E-state index is 13.0. The number of carbonyl (C=O) groups is 2. The molecule has 1 aliphatic heterocycles. The summed E-state index contributed by atoms with van der Waals surface area (Å²) in [5.41, 5.74) is -0.609. The van der Waals surface area contributed by atoms with Crippen molar-refractivity contribution in [1.29, 1.82) is 0 Å². The molecule has 0 saturated carbocycles. The molecule has 38 heavy (non-hydrogen) atoms. The summed E-state index contributed by atoms with van der Waals surface area (Å²) in [6.07, 6.45) is -9.62. The minimum absolute atomic E-state index is 0.0231. The smallest absolute Gasteiger partial charge is 0.317 e. The van der Waals surface area contributed by atoms with Gasteiger partial charge in [0.05, 0.1) is 0 Å². The van der Waals surface area contributed by atoms with Gasteiger partial charge in [0.2, 0.25) is 6.29 Å². The second kappa shape index (κ2) is 10.5. The van der Waals surface area contributed by atoms with Gasteiger partial charge in [-0.25, -0.2) is 0 Å². The normalized spacial score (nSPS) is 23.2. The summed E-state index contributed by atoms with van der Waals surface area (Å²) in [6.45, 7) is -0.692. The zero-order valence-electron chi connectivity index (χ0n) is 19.3. The maximum atomic E-state index is 13.0. The van der Waals surface area contributed by atoms with Gasteiger partial charge < -0.3 is 54.4 Å². The van der Waals surface area contributed by atoms with Gasteiger partial charge in [-0.05, 0) is 18.2 Å². The number of aliphatic hydroxyl groups excluding tert-OH is 3. The first-order valence-corrected chi connectivity index (χ1v) is 11.0. The fraction of sp³-hybridized carbons (Fsp3) is 0.292. The molecule has 14 nitrogen and oxygen atoms in total. The van der Waals surface area contributed by atoms with Crippen LogP contribution in [0.2, 0.25) is 0 Å². The number of fused-ring (bicyclic) bond motifs is 1. The van der Waals surface area contributed by atoms with Crippen molar-refractivity contribution in [1.82, 2.24) is 0 Å². The molecule has 1 fully saturated rings. The summed E-state index contributed by atoms with van der Waals surface area (Å²) in [5, 5.41) is 68.7. The van der Waals surface area contributed by atoms with Crippen LogP contribution in [0.25, 0.3) is 22.3 Å². The molecule has 7 N–H and O–H groups in total. The number of hydrogen-bond acceptors (Lipinski definition) is 13. The van der Waals surface area contributed by atoms with E-state index in [0.29, 0.717) is 0 Å². The number of benzene rings is 2. The molecular weight excluding hydrogens is 512 g/mol. The van der Waals surface area contributed by atoms with Gasteiger partial charge in [0.25, 0.3) is 0 Å². The Morgan fingerprint density at radius 1 is 0.921 bits per heavy atom. The molecule has 1 saturated heterocycles. The SMILES string of the molecule is O=C(O)CC(=O)OCC1O[C@@H](Oc2cc(O)cc3oc(-c4ccc(O)c(O)c4)cc(=O)c23)C(O)[C@@H](O)[C@@H]1O. The summed E-state index contributed by atoms with van der Waals surface area (Å²) in [6, 6.07) is 6.89. The van der Waals surface area contributed by atoms with Gasteiger partial charge >= 0.3 is 11.9 Å². The second-order valence-corrected chi connectivity index (χ2v) is 8.38. The van der Waals surface area contributed by atoms with Crippen molar-refractivity contribution in [3.05, 3.63) is 46.6 Å². The molecule has 2 unspecified atom stereocenters. The third kappa shape index (κ3) is 5.47. The topological polar surface area (TPSA) is 234 Å². The summed E-state index contributed by atoms with van der Waals surface area (Å²) < 4.78 is 21.4. The molecule has 0 aliphatic carbocycles. The number of aromatic hydroxyl groups is 3. The lowest BCUT2D eigenvalue weighted by molar-refractivity contribution is -0.278. The van der Waals surface area contributed by atoms with E-state index < -0.39 is 78.3 Å². The number of carboxylic acid groups (broad SMARTS) is 1. The van der Waals surface area contributed by atoms with Crippen molar-refractivity contribution in [2.24, 2.45) is 0 Å². The molecule has 1 aliphatic rings. The number of rotatable bonds is 7. The van der Waals surface area contributed by atoms with Crippen LogP contribution in [0.15, 0.2) is 45.6 Å². The Hall–Kier alpha value is -4.37. The highest BCUT2D eigenvalue weighted by Gasteiger charge is 2.45. The minimum atomic E-state index is -1.86. The van der Waals surface area contributed by atoms with Gasteiger partial charge in [-0.1, -0.05) is 0 Å². The first kappa shape index (κ1) is 26.7.